The lowest BCUT2D eigenvalue weighted by molar-refractivity contribution is 0.0303. The van der Waals surface area contributed by atoms with Gasteiger partial charge in [-0.1, -0.05) is 13.5 Å². The van der Waals surface area contributed by atoms with Crippen molar-refractivity contribution >= 4 is 5.69 Å². The molecule has 1 rings (SSSR count). The van der Waals surface area contributed by atoms with Crippen LogP contribution in [0.2, 0.25) is 0 Å². The maximum atomic E-state index is 13.2. The van der Waals surface area contributed by atoms with E-state index in [1.807, 2.05) is 0 Å². The highest BCUT2D eigenvalue weighted by atomic mass is 19.3. The summed E-state index contributed by atoms with van der Waals surface area (Å²) in [6.07, 6.45) is 3.45. The van der Waals surface area contributed by atoms with E-state index in [1.54, 1.807) is 0 Å². The number of rotatable bonds is 3. The van der Waals surface area contributed by atoms with E-state index in [0.717, 1.165) is 0 Å². The van der Waals surface area contributed by atoms with Gasteiger partial charge >= 0.3 is 0 Å². The lowest BCUT2D eigenvalue weighted by Gasteiger charge is -2.20. The second-order valence-electron chi connectivity index (χ2n) is 3.15. The molecule has 0 fully saturated rings. The molecule has 0 aliphatic rings. The highest BCUT2D eigenvalue weighted by Crippen LogP contribution is 2.33. The minimum absolute atomic E-state index is 0.384. The number of nitrogen functional groups attached to an aromatic ring is 1. The molecule has 4 heteroatoms. The molecular formula is C10H12F2N2. The third-order valence-corrected chi connectivity index (χ3v) is 2.13. The largest absolute Gasteiger partial charge is 0.397 e. The van der Waals surface area contributed by atoms with Crippen LogP contribution >= 0.6 is 0 Å². The third kappa shape index (κ3) is 2.07. The van der Waals surface area contributed by atoms with Gasteiger partial charge in [0.1, 0.15) is 0 Å². The second-order valence-corrected chi connectivity index (χ2v) is 3.15. The zero-order valence-electron chi connectivity index (χ0n) is 7.87. The molecule has 0 amide bonds. The van der Waals surface area contributed by atoms with Crippen molar-refractivity contribution in [3.63, 3.8) is 0 Å². The fourth-order valence-corrected chi connectivity index (χ4v) is 1.11. The number of nitrogens with zero attached hydrogens (tertiary/aromatic N) is 1. The third-order valence-electron chi connectivity index (χ3n) is 2.13. The summed E-state index contributed by atoms with van der Waals surface area (Å²) in [6, 6.07) is 1.50. The van der Waals surface area contributed by atoms with Gasteiger partial charge in [0.05, 0.1) is 11.6 Å². The van der Waals surface area contributed by atoms with Gasteiger partial charge in [-0.05, 0) is 17.7 Å². The number of anilines is 1. The quantitative estimate of drug-likeness (QED) is 0.758. The molecule has 2 nitrogen and oxygen atoms in total. The van der Waals surface area contributed by atoms with Crippen LogP contribution < -0.4 is 5.73 Å². The standard InChI is InChI=1S/C10H12F2N2/c1-3-10(11,12)7(2)8-4-9(13)6-14-5-8/h3-7H,1,13H2,2H3. The minimum atomic E-state index is -2.94. The lowest BCUT2D eigenvalue weighted by Crippen LogP contribution is -2.21. The average Bonchev–Trinajstić information content (AvgIpc) is 2.16. The molecule has 0 aliphatic heterocycles. The van der Waals surface area contributed by atoms with Gasteiger partial charge in [0, 0.05) is 12.4 Å². The van der Waals surface area contributed by atoms with Gasteiger partial charge in [-0.2, -0.15) is 0 Å². The van der Waals surface area contributed by atoms with Gasteiger partial charge in [-0.15, -0.1) is 0 Å². The van der Waals surface area contributed by atoms with Crippen LogP contribution in [0.15, 0.2) is 31.1 Å². The van der Waals surface area contributed by atoms with Crippen molar-refractivity contribution in [1.82, 2.24) is 4.98 Å². The molecule has 0 aliphatic carbocycles. The fraction of sp³-hybridized carbons (Fsp3) is 0.300. The number of hydrogen-bond donors (Lipinski definition) is 1. The molecule has 14 heavy (non-hydrogen) atoms. The Hall–Kier alpha value is -1.45. The van der Waals surface area contributed by atoms with Crippen LogP contribution in [-0.4, -0.2) is 10.9 Å². The first kappa shape index (κ1) is 10.6. The molecule has 0 saturated carbocycles. The molecule has 0 spiro atoms. The Morgan fingerprint density at radius 3 is 2.71 bits per heavy atom. The van der Waals surface area contributed by atoms with E-state index in [4.69, 9.17) is 5.73 Å². The molecule has 0 radical (unpaired) electrons. The zero-order chi connectivity index (χ0) is 10.8. The number of halogens is 2. The molecule has 1 aromatic rings. The molecule has 76 valence electrons. The molecule has 1 atom stereocenters. The van der Waals surface area contributed by atoms with E-state index in [-0.39, 0.29) is 0 Å². The van der Waals surface area contributed by atoms with Crippen molar-refractivity contribution in [2.45, 2.75) is 18.8 Å². The molecule has 1 aromatic heterocycles. The summed E-state index contributed by atoms with van der Waals surface area (Å²) in [5.41, 5.74) is 6.24. The van der Waals surface area contributed by atoms with Gasteiger partial charge in [0.2, 0.25) is 0 Å². The van der Waals surface area contributed by atoms with Crippen molar-refractivity contribution in [3.8, 4) is 0 Å². The van der Waals surface area contributed by atoms with Gasteiger partial charge in [-0.25, -0.2) is 8.78 Å². The van der Waals surface area contributed by atoms with Gasteiger partial charge in [0.15, 0.2) is 0 Å². The molecule has 0 aromatic carbocycles. The molecule has 2 N–H and O–H groups in total. The Bertz CT molecular complexity index is 337. The predicted octanol–water partition coefficient (Wildman–Crippen LogP) is 2.59. The van der Waals surface area contributed by atoms with Crippen molar-refractivity contribution in [3.05, 3.63) is 36.7 Å². The SMILES string of the molecule is C=CC(F)(F)C(C)c1cncc(N)c1. The number of nitrogens with two attached hydrogens (primary N) is 1. The maximum Gasteiger partial charge on any atom is 0.272 e. The first-order valence-electron chi connectivity index (χ1n) is 4.19. The first-order chi connectivity index (χ1) is 6.47. The molecule has 0 saturated heterocycles. The number of hydrogen-bond acceptors (Lipinski definition) is 2. The van der Waals surface area contributed by atoms with Crippen molar-refractivity contribution in [2.24, 2.45) is 0 Å². The zero-order valence-corrected chi connectivity index (χ0v) is 7.87. The van der Waals surface area contributed by atoms with Gasteiger partial charge in [0.25, 0.3) is 5.92 Å². The van der Waals surface area contributed by atoms with E-state index in [1.165, 1.54) is 25.4 Å². The van der Waals surface area contributed by atoms with Crippen LogP contribution in [0.1, 0.15) is 18.4 Å². The van der Waals surface area contributed by atoms with Crippen LogP contribution in [0.25, 0.3) is 0 Å². The predicted molar refractivity (Wildman–Crippen MR) is 52.2 cm³/mol. The minimum Gasteiger partial charge on any atom is -0.397 e. The Labute approximate surface area is 81.5 Å². The summed E-state index contributed by atoms with van der Waals surface area (Å²) in [7, 11) is 0. The van der Waals surface area contributed by atoms with Gasteiger partial charge < -0.3 is 5.73 Å². The van der Waals surface area contributed by atoms with E-state index < -0.39 is 11.8 Å². The summed E-state index contributed by atoms with van der Waals surface area (Å²) in [4.78, 5) is 3.76. The Balaban J connectivity index is 3.00. The van der Waals surface area contributed by atoms with E-state index in [9.17, 15) is 8.78 Å². The van der Waals surface area contributed by atoms with Crippen molar-refractivity contribution in [1.29, 1.82) is 0 Å². The van der Waals surface area contributed by atoms with Crippen molar-refractivity contribution in [2.75, 3.05) is 5.73 Å². The number of aromatic nitrogens is 1. The smallest absolute Gasteiger partial charge is 0.272 e. The highest BCUT2D eigenvalue weighted by molar-refractivity contribution is 5.39. The summed E-state index contributed by atoms with van der Waals surface area (Å²) in [5, 5.41) is 0. The fourth-order valence-electron chi connectivity index (χ4n) is 1.11. The maximum absolute atomic E-state index is 13.2. The van der Waals surface area contributed by atoms with Gasteiger partial charge in [-0.3, -0.25) is 4.98 Å². The molecular weight excluding hydrogens is 186 g/mol. The van der Waals surface area contributed by atoms with Crippen LogP contribution in [0.5, 0.6) is 0 Å². The summed E-state index contributed by atoms with van der Waals surface area (Å²) in [6.45, 7) is 4.51. The highest BCUT2D eigenvalue weighted by Gasteiger charge is 2.33. The van der Waals surface area contributed by atoms with E-state index >= 15 is 0 Å². The summed E-state index contributed by atoms with van der Waals surface area (Å²) < 4.78 is 26.4. The van der Waals surface area contributed by atoms with Crippen LogP contribution in [-0.2, 0) is 0 Å². The topological polar surface area (TPSA) is 38.9 Å². The number of allylic oxidation sites excluding steroid dienone is 1. The van der Waals surface area contributed by atoms with Crippen LogP contribution in [0.3, 0.4) is 0 Å². The normalized spacial score (nSPS) is 13.6. The lowest BCUT2D eigenvalue weighted by atomic mass is 9.96. The Kier molecular flexibility index (Phi) is 2.84. The monoisotopic (exact) mass is 198 g/mol. The second kappa shape index (κ2) is 3.74. The Morgan fingerprint density at radius 2 is 2.21 bits per heavy atom. The Morgan fingerprint density at radius 1 is 1.57 bits per heavy atom. The van der Waals surface area contributed by atoms with Crippen molar-refractivity contribution < 1.29 is 8.78 Å². The first-order valence-corrected chi connectivity index (χ1v) is 4.19. The molecule has 1 unspecified atom stereocenters. The number of alkyl halides is 2. The van der Waals surface area contributed by atoms with Crippen LogP contribution in [0.4, 0.5) is 14.5 Å². The summed E-state index contributed by atoms with van der Waals surface area (Å²) in [5.74, 6) is -3.90. The summed E-state index contributed by atoms with van der Waals surface area (Å²) >= 11 is 0. The van der Waals surface area contributed by atoms with E-state index in [0.29, 0.717) is 17.3 Å². The van der Waals surface area contributed by atoms with E-state index in [2.05, 4.69) is 11.6 Å². The van der Waals surface area contributed by atoms with Crippen LogP contribution in [0, 0.1) is 0 Å². The molecule has 1 heterocycles. The number of pyridine rings is 1. The molecule has 0 bridgehead atoms. The average molecular weight is 198 g/mol.